The van der Waals surface area contributed by atoms with E-state index in [1.807, 2.05) is 164 Å². The van der Waals surface area contributed by atoms with Gasteiger partial charge in [-0.05, 0) is 212 Å². The highest BCUT2D eigenvalue weighted by atomic mass is 16.5. The number of likely N-dealkylation sites (N-methyl/N-ethyl adjacent to an activating group) is 6. The molecule has 3 aromatic carbocycles. The average Bonchev–Trinajstić information content (AvgIpc) is 0.865. The van der Waals surface area contributed by atoms with Gasteiger partial charge in [0.15, 0.2) is 0 Å². The zero-order chi connectivity index (χ0) is 105. The molecule has 137 heavy (non-hydrogen) atoms. The van der Waals surface area contributed by atoms with Crippen LogP contribution in [0.25, 0.3) is 0 Å². The van der Waals surface area contributed by atoms with Crippen LogP contribution >= 0.6 is 0 Å². The molecule has 0 spiro atoms. The Balaban J connectivity index is 0. The van der Waals surface area contributed by atoms with Gasteiger partial charge in [-0.15, -0.1) is 0 Å². The highest BCUT2D eigenvalue weighted by molar-refractivity contribution is 5.95. The summed E-state index contributed by atoms with van der Waals surface area (Å²) in [5.41, 5.74) is 5.59. The van der Waals surface area contributed by atoms with Gasteiger partial charge in [-0.3, -0.25) is 67.7 Å². The number of esters is 3. The Morgan fingerprint density at radius 1 is 0.248 bits per heavy atom. The lowest BCUT2D eigenvalue weighted by Gasteiger charge is -2.31. The number of nitrogens with zero attached hydrogens (tertiary/aromatic N) is 11. The van der Waals surface area contributed by atoms with Crippen molar-refractivity contribution in [2.75, 3.05) is 219 Å². The smallest absolute Gasteiger partial charge is 0.306 e. The molecule has 0 atom stereocenters. The van der Waals surface area contributed by atoms with Crippen molar-refractivity contribution in [1.82, 2.24) is 53.9 Å². The number of hydrogen-bond donors (Lipinski definition) is 0. The molecule has 0 aliphatic rings. The second-order valence-corrected chi connectivity index (χ2v) is 42.4. The van der Waals surface area contributed by atoms with E-state index in [1.165, 1.54) is 16.7 Å². The van der Waals surface area contributed by atoms with E-state index in [2.05, 4.69) is 193 Å². The van der Waals surface area contributed by atoms with Crippen LogP contribution in [0.4, 0.5) is 0 Å². The van der Waals surface area contributed by atoms with Crippen molar-refractivity contribution in [1.29, 1.82) is 0 Å². The van der Waals surface area contributed by atoms with Crippen molar-refractivity contribution in [3.05, 3.63) is 106 Å². The average molecular weight is 1930 g/mol. The molecule has 0 fully saturated rings. The number of rotatable bonds is 66. The largest absolute Gasteiger partial charge is 0.464 e. The van der Waals surface area contributed by atoms with E-state index in [0.29, 0.717) is 149 Å². The summed E-state index contributed by atoms with van der Waals surface area (Å²) >= 11 is 0. The van der Waals surface area contributed by atoms with Crippen LogP contribution in [0, 0.1) is 53.3 Å². The molecule has 26 heteroatoms. The third-order valence-corrected chi connectivity index (χ3v) is 23.1. The summed E-state index contributed by atoms with van der Waals surface area (Å²) < 4.78 is 32.6. The van der Waals surface area contributed by atoms with E-state index < -0.39 is 0 Å². The Labute approximate surface area is 835 Å². The van der Waals surface area contributed by atoms with Gasteiger partial charge in [-0.25, -0.2) is 0 Å². The van der Waals surface area contributed by atoms with Crippen molar-refractivity contribution < 1.29 is 71.6 Å². The predicted octanol–water partition coefficient (Wildman–Crippen LogP) is 17.1. The van der Waals surface area contributed by atoms with Crippen LogP contribution in [0.5, 0.6) is 0 Å². The van der Waals surface area contributed by atoms with Crippen LogP contribution in [0.15, 0.2) is 72.8 Å². The quantitative estimate of drug-likeness (QED) is 0.0376. The van der Waals surface area contributed by atoms with Crippen LogP contribution in [-0.4, -0.2) is 363 Å². The monoisotopic (exact) mass is 1930 g/mol. The first-order valence-corrected chi connectivity index (χ1v) is 51.7. The van der Waals surface area contributed by atoms with Crippen molar-refractivity contribution in [3.8, 4) is 0 Å². The predicted molar refractivity (Wildman–Crippen MR) is 565 cm³/mol. The van der Waals surface area contributed by atoms with Gasteiger partial charge < -0.3 is 57.8 Å². The lowest BCUT2D eigenvalue weighted by Crippen LogP contribution is -2.44. The van der Waals surface area contributed by atoms with E-state index in [1.54, 1.807) is 19.6 Å². The molecule has 790 valence electrons. The van der Waals surface area contributed by atoms with Gasteiger partial charge in [0.25, 0.3) is 17.7 Å². The number of hydrogen-bond acceptors (Lipinski definition) is 23. The summed E-state index contributed by atoms with van der Waals surface area (Å²) in [7, 11) is 12.2. The molecule has 3 amide bonds. The molecule has 0 radical (unpaired) electrons. The summed E-state index contributed by atoms with van der Waals surface area (Å²) in [6.07, 6.45) is 4.84. The van der Waals surface area contributed by atoms with E-state index in [-0.39, 0.29) is 128 Å². The second-order valence-electron chi connectivity index (χ2n) is 42.4. The van der Waals surface area contributed by atoms with Crippen LogP contribution in [0.3, 0.4) is 0 Å². The van der Waals surface area contributed by atoms with Crippen molar-refractivity contribution in [2.45, 2.75) is 283 Å². The molecule has 0 unspecified atom stereocenters. The second kappa shape index (κ2) is 75.8. The van der Waals surface area contributed by atoms with Gasteiger partial charge in [-0.2, -0.15) is 0 Å². The summed E-state index contributed by atoms with van der Waals surface area (Å²) in [5, 5.41) is 0. The minimum absolute atomic E-state index is 0.00675. The maximum Gasteiger partial charge on any atom is 0.306 e. The van der Waals surface area contributed by atoms with Gasteiger partial charge in [0.2, 0.25) is 0 Å². The summed E-state index contributed by atoms with van der Waals surface area (Å²) in [5.74, 6) is 1.58. The highest BCUT2D eigenvalue weighted by Gasteiger charge is 2.25. The fourth-order valence-corrected chi connectivity index (χ4v) is 13.4. The number of Topliss-reactive ketones (excluding diaryl/α,β-unsaturated/α-hetero) is 3. The number of benzene rings is 3. The zero-order valence-corrected chi connectivity index (χ0v) is 93.5. The van der Waals surface area contributed by atoms with Crippen LogP contribution in [0.1, 0.15) is 275 Å². The molecule has 0 aliphatic carbocycles. The Hall–Kier alpha value is -6.95. The molecule has 0 aliphatic heterocycles. The molecule has 0 N–H and O–H groups in total. The SMILES string of the molecule is CC(C)C(=O)CN(CC(=O)C(C)C)CC(=O)C(C)C.CC(C)CC(=O)OCCN(CCOC(=O)CC(C)C)CCOC(=O)CC(C)C.CC(C)Cc1cccc(C(=O)N(C)CCN(CCN(C)C(=O)c2cccc(CC(C)C)c2)CCN(C)C(=O)c2cccc(CC(C)C)c2)c1.CC(C)N(C)CCN(CCN(C)C(C)C)CCN(C)C(C)C.CC(C)OCCN(CCOC(C)C)CCOC(C)C. The first-order valence-electron chi connectivity index (χ1n) is 51.7. The standard InChI is InChI=1S/C42H60N4O3.C21H39NO6.C18H42N4.C15H33NO3.C15H27NO3/c1-31(2)25-34-13-10-16-37(28-34)40(47)43(7)19-22-46(23-20-44(8)41(48)38-17-11-14-35(29-38)26-32(3)4)24-21-45(9)42(49)39-18-12-15-36(30-39)27-33(5)6;1-16(2)13-19(23)26-10-7-22(8-11-27-20(24)14-17(3)4)9-12-28-21(25)15-18(5)6;1-16(2)19(7)10-13-22(14-11-20(8)17(3)4)15-12-21(9)18(5)6;1-13(2)17-10-7-16(8-11-18-14(3)4)9-12-19-15(5)6;1-10(2)13(17)7-16(8-14(18)11(3)4)9-15(19)12(5)6/h10-18,28-33H,19-27H2,1-9H3;16-18H,7-15H2,1-6H3;16-18H,10-15H2,1-9H3;13-15H,7-12H2,1-6H3;10-12H,7-9H2,1-6H3. The normalized spacial score (nSPS) is 11.8. The number of amides is 3. The first kappa shape index (κ1) is 132. The minimum atomic E-state index is -0.221. The van der Waals surface area contributed by atoms with E-state index >= 15 is 0 Å². The topological polar surface area (TPSA) is 245 Å². The highest BCUT2D eigenvalue weighted by Crippen LogP contribution is 2.18. The van der Waals surface area contributed by atoms with Gasteiger partial charge in [-0.1, -0.05) is 161 Å². The summed E-state index contributed by atoms with van der Waals surface area (Å²) in [6, 6.07) is 25.6. The van der Waals surface area contributed by atoms with Crippen molar-refractivity contribution in [2.24, 2.45) is 53.3 Å². The van der Waals surface area contributed by atoms with Crippen LogP contribution in [-0.2, 0) is 76.5 Å². The fourth-order valence-electron chi connectivity index (χ4n) is 13.4. The number of carbonyl (C=O) groups excluding carboxylic acids is 9. The molecule has 26 nitrogen and oxygen atoms in total. The summed E-state index contributed by atoms with van der Waals surface area (Å²) in [6.45, 7) is 80.0. The van der Waals surface area contributed by atoms with Crippen LogP contribution < -0.4 is 0 Å². The molecule has 0 saturated carbocycles. The third-order valence-electron chi connectivity index (χ3n) is 23.1. The number of ether oxygens (including phenoxy) is 6. The maximum absolute atomic E-state index is 13.4. The van der Waals surface area contributed by atoms with Crippen molar-refractivity contribution >= 4 is 53.0 Å². The lowest BCUT2D eigenvalue weighted by atomic mass is 10.0. The molecule has 0 bridgehead atoms. The molecule has 0 aromatic heterocycles. The maximum atomic E-state index is 13.4. The third kappa shape index (κ3) is 69.6. The summed E-state index contributed by atoms with van der Waals surface area (Å²) in [4.78, 5) is 134. The van der Waals surface area contributed by atoms with E-state index in [9.17, 15) is 43.2 Å². The molecule has 3 aromatic rings. The van der Waals surface area contributed by atoms with Gasteiger partial charge >= 0.3 is 17.9 Å². The number of ketones is 3. The molecular weight excluding hydrogens is 1730 g/mol. The fraction of sp³-hybridized carbons (Fsp3) is 0.757. The Bertz CT molecular complexity index is 3360. The Morgan fingerprint density at radius 2 is 0.460 bits per heavy atom. The lowest BCUT2D eigenvalue weighted by molar-refractivity contribution is -0.146. The molecular formula is C111H201N11O15. The van der Waals surface area contributed by atoms with E-state index in [4.69, 9.17) is 28.4 Å². The van der Waals surface area contributed by atoms with Crippen LogP contribution in [0.2, 0.25) is 0 Å². The first-order chi connectivity index (χ1) is 64.0. The van der Waals surface area contributed by atoms with E-state index in [0.717, 1.165) is 98.0 Å². The van der Waals surface area contributed by atoms with Gasteiger partial charge in [0, 0.05) is 211 Å². The molecule has 0 saturated heterocycles. The van der Waals surface area contributed by atoms with Gasteiger partial charge in [0.1, 0.15) is 37.2 Å². The molecule has 0 heterocycles. The minimum Gasteiger partial charge on any atom is -0.464 e. The Kier molecular flexibility index (Phi) is 73.1. The number of carbonyl (C=O) groups is 9. The Morgan fingerprint density at radius 3 is 0.657 bits per heavy atom. The zero-order valence-electron chi connectivity index (χ0n) is 93.5. The van der Waals surface area contributed by atoms with Gasteiger partial charge in [0.05, 0.1) is 57.8 Å². The molecule has 3 rings (SSSR count). The van der Waals surface area contributed by atoms with Crippen molar-refractivity contribution in [3.63, 3.8) is 0 Å².